The van der Waals surface area contributed by atoms with Crippen molar-refractivity contribution in [2.24, 2.45) is 11.8 Å². The van der Waals surface area contributed by atoms with Crippen LogP contribution in [-0.2, 0) is 16.0 Å². The van der Waals surface area contributed by atoms with E-state index in [4.69, 9.17) is 0 Å². The molecule has 188 valence electrons. The van der Waals surface area contributed by atoms with E-state index in [2.05, 4.69) is 17.6 Å². The molecule has 1 saturated heterocycles. The molecule has 2 unspecified atom stereocenters. The molecule has 2 N–H and O–H groups in total. The fraction of sp³-hybridized carbons (Fsp3) is 0.667. The SMILES string of the molecule is CCc1ccc(NC(=O)NC(C(=O)N2CCN(C(=O)CCC3CCCC3)C(C)C2)C(C)C)cc1. The van der Waals surface area contributed by atoms with Gasteiger partial charge in [-0.1, -0.05) is 58.6 Å². The van der Waals surface area contributed by atoms with Gasteiger partial charge in [-0.05, 0) is 49.3 Å². The second-order valence-electron chi connectivity index (χ2n) is 10.3. The zero-order chi connectivity index (χ0) is 24.7. The fourth-order valence-electron chi connectivity index (χ4n) is 5.14. The summed E-state index contributed by atoms with van der Waals surface area (Å²) >= 11 is 0. The molecule has 7 nitrogen and oxygen atoms in total. The van der Waals surface area contributed by atoms with Crippen molar-refractivity contribution in [1.82, 2.24) is 15.1 Å². The van der Waals surface area contributed by atoms with Gasteiger partial charge in [-0.3, -0.25) is 9.59 Å². The molecule has 2 aliphatic rings. The van der Waals surface area contributed by atoms with Crippen molar-refractivity contribution in [3.8, 4) is 0 Å². The van der Waals surface area contributed by atoms with Crippen LogP contribution in [0.4, 0.5) is 10.5 Å². The zero-order valence-corrected chi connectivity index (χ0v) is 21.3. The van der Waals surface area contributed by atoms with Crippen LogP contribution in [0.1, 0.15) is 71.8 Å². The van der Waals surface area contributed by atoms with E-state index in [0.29, 0.717) is 37.7 Å². The van der Waals surface area contributed by atoms with Crippen LogP contribution in [0.3, 0.4) is 0 Å². The van der Waals surface area contributed by atoms with Crippen LogP contribution < -0.4 is 10.6 Å². The van der Waals surface area contributed by atoms with Crippen LogP contribution in [0.25, 0.3) is 0 Å². The number of aryl methyl sites for hydroxylation is 1. The topological polar surface area (TPSA) is 81.8 Å². The Morgan fingerprint density at radius 1 is 1.06 bits per heavy atom. The van der Waals surface area contributed by atoms with Gasteiger partial charge in [0, 0.05) is 37.8 Å². The Bertz CT molecular complexity index is 833. The summed E-state index contributed by atoms with van der Waals surface area (Å²) in [5, 5.41) is 5.70. The van der Waals surface area contributed by atoms with E-state index in [9.17, 15) is 14.4 Å². The van der Waals surface area contributed by atoms with Crippen molar-refractivity contribution in [2.45, 2.75) is 84.7 Å². The van der Waals surface area contributed by atoms with Crippen LogP contribution in [0.5, 0.6) is 0 Å². The van der Waals surface area contributed by atoms with Gasteiger partial charge in [-0.15, -0.1) is 0 Å². The lowest BCUT2D eigenvalue weighted by molar-refractivity contribution is -0.144. The summed E-state index contributed by atoms with van der Waals surface area (Å²) in [6.07, 6.45) is 7.64. The van der Waals surface area contributed by atoms with Gasteiger partial charge in [0.05, 0.1) is 0 Å². The Morgan fingerprint density at radius 3 is 2.32 bits per heavy atom. The Morgan fingerprint density at radius 2 is 1.74 bits per heavy atom. The second-order valence-corrected chi connectivity index (χ2v) is 10.3. The highest BCUT2D eigenvalue weighted by molar-refractivity contribution is 5.94. The standard InChI is InChI=1S/C27H42N4O3/c1-5-21-10-13-23(14-11-21)28-27(34)29-25(19(2)3)26(33)30-16-17-31(20(4)18-30)24(32)15-12-22-8-6-7-9-22/h10-11,13-14,19-20,22,25H,5-9,12,15-18H2,1-4H3,(H2,28,29,34). The fourth-order valence-corrected chi connectivity index (χ4v) is 5.14. The molecule has 1 aliphatic carbocycles. The lowest BCUT2D eigenvalue weighted by atomic mass is 10.00. The summed E-state index contributed by atoms with van der Waals surface area (Å²) in [4.78, 5) is 42.5. The summed E-state index contributed by atoms with van der Waals surface area (Å²) in [6.45, 7) is 9.52. The summed E-state index contributed by atoms with van der Waals surface area (Å²) in [7, 11) is 0. The highest BCUT2D eigenvalue weighted by atomic mass is 16.2. The van der Waals surface area contributed by atoms with Crippen molar-refractivity contribution in [2.75, 3.05) is 25.0 Å². The minimum Gasteiger partial charge on any atom is -0.337 e. The summed E-state index contributed by atoms with van der Waals surface area (Å²) in [5.74, 6) is 0.771. The molecular formula is C27H42N4O3. The van der Waals surface area contributed by atoms with E-state index in [1.165, 1.54) is 31.2 Å². The Hall–Kier alpha value is -2.57. The summed E-state index contributed by atoms with van der Waals surface area (Å²) in [6, 6.07) is 6.68. The third kappa shape index (κ3) is 6.97. The molecule has 0 radical (unpaired) electrons. The molecule has 7 heteroatoms. The first-order valence-electron chi connectivity index (χ1n) is 13.0. The number of urea groups is 1. The van der Waals surface area contributed by atoms with E-state index >= 15 is 0 Å². The number of hydrogen-bond acceptors (Lipinski definition) is 3. The summed E-state index contributed by atoms with van der Waals surface area (Å²) in [5.41, 5.74) is 1.90. The van der Waals surface area contributed by atoms with Gasteiger partial charge >= 0.3 is 6.03 Å². The molecule has 1 aromatic carbocycles. The lowest BCUT2D eigenvalue weighted by Crippen LogP contribution is -2.60. The number of nitrogens with zero attached hydrogens (tertiary/aromatic N) is 2. The largest absolute Gasteiger partial charge is 0.337 e. The number of rotatable bonds is 8. The Labute approximate surface area is 204 Å². The first-order valence-corrected chi connectivity index (χ1v) is 13.0. The summed E-state index contributed by atoms with van der Waals surface area (Å²) < 4.78 is 0. The first kappa shape index (κ1) is 26.0. The van der Waals surface area contributed by atoms with E-state index in [1.807, 2.05) is 49.9 Å². The van der Waals surface area contributed by atoms with Gasteiger partial charge < -0.3 is 20.4 Å². The van der Waals surface area contributed by atoms with Crippen molar-refractivity contribution < 1.29 is 14.4 Å². The zero-order valence-electron chi connectivity index (χ0n) is 21.3. The number of amides is 4. The normalized spacial score (nSPS) is 19.9. The van der Waals surface area contributed by atoms with Gasteiger partial charge in [-0.25, -0.2) is 4.79 Å². The number of carbonyl (C=O) groups excluding carboxylic acids is 3. The average molecular weight is 471 g/mol. The maximum absolute atomic E-state index is 13.3. The highest BCUT2D eigenvalue weighted by Gasteiger charge is 2.34. The van der Waals surface area contributed by atoms with Gasteiger partial charge in [0.1, 0.15) is 6.04 Å². The van der Waals surface area contributed by atoms with Crippen LogP contribution in [0.2, 0.25) is 0 Å². The number of piperazine rings is 1. The predicted octanol–water partition coefficient (Wildman–Crippen LogP) is 4.42. The van der Waals surface area contributed by atoms with E-state index in [-0.39, 0.29) is 29.8 Å². The van der Waals surface area contributed by atoms with Gasteiger partial charge in [0.15, 0.2) is 0 Å². The molecule has 0 spiro atoms. The van der Waals surface area contributed by atoms with Crippen LogP contribution in [0.15, 0.2) is 24.3 Å². The molecule has 3 rings (SSSR count). The molecule has 34 heavy (non-hydrogen) atoms. The van der Waals surface area contributed by atoms with Crippen molar-refractivity contribution in [3.63, 3.8) is 0 Å². The molecule has 0 aromatic heterocycles. The number of hydrogen-bond donors (Lipinski definition) is 2. The Kier molecular flexibility index (Phi) is 9.36. The highest BCUT2D eigenvalue weighted by Crippen LogP contribution is 2.29. The minimum absolute atomic E-state index is 0.0208. The second kappa shape index (κ2) is 12.2. The Balaban J connectivity index is 1.51. The van der Waals surface area contributed by atoms with Crippen molar-refractivity contribution in [1.29, 1.82) is 0 Å². The molecule has 1 aromatic rings. The van der Waals surface area contributed by atoms with Crippen LogP contribution in [0, 0.1) is 11.8 Å². The maximum Gasteiger partial charge on any atom is 0.319 e. The first-order chi connectivity index (χ1) is 16.3. The van der Waals surface area contributed by atoms with Crippen molar-refractivity contribution in [3.05, 3.63) is 29.8 Å². The molecular weight excluding hydrogens is 428 g/mol. The number of nitrogens with one attached hydrogen (secondary N) is 2. The molecule has 1 heterocycles. The monoisotopic (exact) mass is 470 g/mol. The molecule has 4 amide bonds. The molecule has 1 aliphatic heterocycles. The molecule has 0 bridgehead atoms. The number of benzene rings is 1. The van der Waals surface area contributed by atoms with Crippen LogP contribution in [-0.4, -0.2) is 59.4 Å². The molecule has 1 saturated carbocycles. The quantitative estimate of drug-likeness (QED) is 0.590. The van der Waals surface area contributed by atoms with E-state index in [1.54, 1.807) is 4.90 Å². The third-order valence-electron chi connectivity index (χ3n) is 7.34. The van der Waals surface area contributed by atoms with E-state index in [0.717, 1.165) is 12.8 Å². The average Bonchev–Trinajstić information content (AvgIpc) is 3.34. The smallest absolute Gasteiger partial charge is 0.319 e. The van der Waals surface area contributed by atoms with Gasteiger partial charge in [0.2, 0.25) is 11.8 Å². The lowest BCUT2D eigenvalue weighted by Gasteiger charge is -2.41. The molecule has 2 atom stereocenters. The van der Waals surface area contributed by atoms with Gasteiger partial charge in [-0.2, -0.15) is 0 Å². The van der Waals surface area contributed by atoms with Gasteiger partial charge in [0.25, 0.3) is 0 Å². The third-order valence-corrected chi connectivity index (χ3v) is 7.34. The predicted molar refractivity (Wildman–Crippen MR) is 136 cm³/mol. The molecule has 2 fully saturated rings. The minimum atomic E-state index is -0.619. The number of anilines is 1. The van der Waals surface area contributed by atoms with Crippen LogP contribution >= 0.6 is 0 Å². The van der Waals surface area contributed by atoms with Crippen molar-refractivity contribution >= 4 is 23.5 Å². The number of carbonyl (C=O) groups is 3. The maximum atomic E-state index is 13.3. The van der Waals surface area contributed by atoms with E-state index < -0.39 is 6.04 Å².